The van der Waals surface area contributed by atoms with E-state index in [4.69, 9.17) is 4.74 Å². The molecule has 1 N–H and O–H groups in total. The first-order valence-corrected chi connectivity index (χ1v) is 12.4. The van der Waals surface area contributed by atoms with E-state index in [1.54, 1.807) is 24.3 Å². The van der Waals surface area contributed by atoms with E-state index in [2.05, 4.69) is 15.0 Å². The maximum atomic E-state index is 12.9. The number of rotatable bonds is 8. The number of hydrogen-bond acceptors (Lipinski definition) is 5. The topological polar surface area (TPSA) is 89.6 Å². The molecule has 0 saturated heterocycles. The molecule has 1 saturated carbocycles. The number of carboxylic acids is 1. The van der Waals surface area contributed by atoms with Crippen LogP contribution in [0.1, 0.15) is 48.5 Å². The standard InChI is InChI=1S/C28H28F2N4O3.K.H/c1-17-23(13-20-4-2-3-5-24(20)37-28(29)30)34-16-21(10-11-26(34)33-17)22-14-31-25(32-15-22)12-18-6-8-19(9-7-18)27(35)36;;/h2-5,10-11,14-16,18-19,28H,6-9,12-13H2,1H3,(H,35,36);;. The summed E-state index contributed by atoms with van der Waals surface area (Å²) in [5, 5.41) is 9.19. The van der Waals surface area contributed by atoms with Crippen LogP contribution in [-0.2, 0) is 17.6 Å². The number of aliphatic carboxylic acids is 1. The number of benzene rings is 1. The van der Waals surface area contributed by atoms with Crippen molar-refractivity contribution >= 4 is 63.0 Å². The molecular formula is C28H29F2KN4O3. The number of aromatic nitrogens is 4. The first-order valence-electron chi connectivity index (χ1n) is 12.4. The van der Waals surface area contributed by atoms with E-state index in [-0.39, 0.29) is 63.1 Å². The molecule has 1 aromatic carbocycles. The summed E-state index contributed by atoms with van der Waals surface area (Å²) < 4.78 is 32.5. The SMILES string of the molecule is Cc1nc2ccc(-c3cnc(CC4CCC(C(=O)O)CC4)nc3)cn2c1Cc1ccccc1OC(F)F.[KH]. The van der Waals surface area contributed by atoms with Gasteiger partial charge in [-0.1, -0.05) is 18.2 Å². The average molecular weight is 547 g/mol. The Hall–Kier alpha value is -2.24. The summed E-state index contributed by atoms with van der Waals surface area (Å²) in [5.41, 5.74) is 4.89. The molecule has 5 rings (SSSR count). The van der Waals surface area contributed by atoms with Crippen molar-refractivity contribution in [2.75, 3.05) is 0 Å². The molecule has 7 nitrogen and oxygen atoms in total. The van der Waals surface area contributed by atoms with E-state index >= 15 is 0 Å². The number of carbonyl (C=O) groups is 1. The van der Waals surface area contributed by atoms with Gasteiger partial charge < -0.3 is 14.2 Å². The fourth-order valence-corrected chi connectivity index (χ4v) is 5.12. The fourth-order valence-electron chi connectivity index (χ4n) is 5.12. The number of carboxylic acid groups (broad SMARTS) is 1. The van der Waals surface area contributed by atoms with E-state index in [9.17, 15) is 18.7 Å². The van der Waals surface area contributed by atoms with Gasteiger partial charge in [0, 0.05) is 53.8 Å². The molecule has 0 atom stereocenters. The second-order valence-corrected chi connectivity index (χ2v) is 9.60. The summed E-state index contributed by atoms with van der Waals surface area (Å²) >= 11 is 0. The number of alkyl halides is 2. The van der Waals surface area contributed by atoms with Gasteiger partial charge in [0.1, 0.15) is 17.2 Å². The zero-order valence-corrected chi connectivity index (χ0v) is 20.5. The number of aryl methyl sites for hydroxylation is 1. The number of ether oxygens (including phenoxy) is 1. The number of nitrogens with zero attached hydrogens (tertiary/aromatic N) is 4. The third-order valence-corrected chi connectivity index (χ3v) is 7.17. The zero-order valence-electron chi connectivity index (χ0n) is 20.5. The molecule has 0 bridgehead atoms. The number of fused-ring (bicyclic) bond motifs is 1. The number of para-hydroxylation sites is 1. The van der Waals surface area contributed by atoms with Crippen LogP contribution in [-0.4, -0.2) is 88.4 Å². The van der Waals surface area contributed by atoms with Crippen molar-refractivity contribution in [3.05, 3.63) is 77.8 Å². The summed E-state index contributed by atoms with van der Waals surface area (Å²) in [6.07, 6.45) is 9.90. The van der Waals surface area contributed by atoms with Crippen molar-refractivity contribution < 1.29 is 23.4 Å². The predicted octanol–water partition coefficient (Wildman–Crippen LogP) is 5.08. The Morgan fingerprint density at radius 1 is 1.08 bits per heavy atom. The summed E-state index contributed by atoms with van der Waals surface area (Å²) in [6, 6.07) is 10.7. The molecule has 0 aliphatic heterocycles. The van der Waals surface area contributed by atoms with Crippen LogP contribution >= 0.6 is 0 Å². The van der Waals surface area contributed by atoms with Crippen molar-refractivity contribution in [3.63, 3.8) is 0 Å². The van der Waals surface area contributed by atoms with Gasteiger partial charge in [0.25, 0.3) is 0 Å². The van der Waals surface area contributed by atoms with Crippen molar-refractivity contribution in [1.82, 2.24) is 19.4 Å². The third kappa shape index (κ3) is 6.66. The third-order valence-electron chi connectivity index (χ3n) is 7.17. The summed E-state index contributed by atoms with van der Waals surface area (Å²) in [6.45, 7) is -0.987. The molecular weight excluding hydrogens is 517 g/mol. The van der Waals surface area contributed by atoms with Gasteiger partial charge in [0.2, 0.25) is 0 Å². The molecule has 0 spiro atoms. The van der Waals surface area contributed by atoms with Gasteiger partial charge >= 0.3 is 64.0 Å². The van der Waals surface area contributed by atoms with Crippen molar-refractivity contribution in [3.8, 4) is 16.9 Å². The molecule has 10 heteroatoms. The number of halogens is 2. The Bertz CT molecular complexity index is 1400. The Kier molecular flexibility index (Phi) is 9.64. The minimum absolute atomic E-state index is 0. The van der Waals surface area contributed by atoms with Crippen LogP contribution in [0, 0.1) is 18.8 Å². The summed E-state index contributed by atoms with van der Waals surface area (Å²) in [5.74, 6) is 0.405. The van der Waals surface area contributed by atoms with Gasteiger partial charge in [0.15, 0.2) is 0 Å². The molecule has 194 valence electrons. The molecule has 4 aromatic rings. The molecule has 3 aromatic heterocycles. The van der Waals surface area contributed by atoms with Crippen LogP contribution in [0.2, 0.25) is 0 Å². The van der Waals surface area contributed by atoms with Crippen LogP contribution in [0.3, 0.4) is 0 Å². The van der Waals surface area contributed by atoms with Gasteiger partial charge in [-0.25, -0.2) is 15.0 Å². The van der Waals surface area contributed by atoms with Crippen molar-refractivity contribution in [2.45, 2.75) is 52.1 Å². The normalized spacial score (nSPS) is 17.4. The Morgan fingerprint density at radius 3 is 2.47 bits per heavy atom. The first kappa shape index (κ1) is 28.8. The van der Waals surface area contributed by atoms with Crippen LogP contribution in [0.5, 0.6) is 5.75 Å². The molecule has 1 aliphatic carbocycles. The average Bonchev–Trinajstić information content (AvgIpc) is 3.20. The second kappa shape index (κ2) is 12.7. The maximum absolute atomic E-state index is 12.9. The molecule has 3 heterocycles. The number of pyridine rings is 1. The van der Waals surface area contributed by atoms with Crippen LogP contribution in [0.25, 0.3) is 16.8 Å². The molecule has 1 fully saturated rings. The molecule has 0 radical (unpaired) electrons. The van der Waals surface area contributed by atoms with E-state index in [0.29, 0.717) is 30.7 Å². The molecule has 0 unspecified atom stereocenters. The Labute approximate surface area is 262 Å². The Morgan fingerprint density at radius 2 is 1.79 bits per heavy atom. The van der Waals surface area contributed by atoms with E-state index < -0.39 is 12.6 Å². The van der Waals surface area contributed by atoms with E-state index in [0.717, 1.165) is 53.2 Å². The number of hydrogen-bond donors (Lipinski definition) is 1. The second-order valence-electron chi connectivity index (χ2n) is 9.60. The van der Waals surface area contributed by atoms with E-state index in [1.807, 2.05) is 42.0 Å². The number of imidazole rings is 1. The van der Waals surface area contributed by atoms with Gasteiger partial charge in [-0.15, -0.1) is 0 Å². The summed E-state index contributed by atoms with van der Waals surface area (Å²) in [4.78, 5) is 25.0. The van der Waals surface area contributed by atoms with Gasteiger partial charge in [-0.05, 0) is 56.7 Å². The molecule has 38 heavy (non-hydrogen) atoms. The van der Waals surface area contributed by atoms with Gasteiger partial charge in [-0.3, -0.25) is 4.79 Å². The van der Waals surface area contributed by atoms with Crippen LogP contribution in [0.4, 0.5) is 8.78 Å². The van der Waals surface area contributed by atoms with Crippen molar-refractivity contribution in [2.24, 2.45) is 11.8 Å². The van der Waals surface area contributed by atoms with Crippen LogP contribution in [0.15, 0.2) is 55.0 Å². The quantitative estimate of drug-likeness (QED) is 0.310. The fraction of sp³-hybridized carbons (Fsp3) is 0.357. The Balaban J connectivity index is 0.00000336. The summed E-state index contributed by atoms with van der Waals surface area (Å²) in [7, 11) is 0. The van der Waals surface area contributed by atoms with Crippen LogP contribution < -0.4 is 4.74 Å². The monoisotopic (exact) mass is 546 g/mol. The van der Waals surface area contributed by atoms with Gasteiger partial charge in [-0.2, -0.15) is 8.78 Å². The predicted molar refractivity (Wildman–Crippen MR) is 141 cm³/mol. The van der Waals surface area contributed by atoms with Crippen molar-refractivity contribution in [1.29, 1.82) is 0 Å². The first-order chi connectivity index (χ1) is 17.9. The molecule has 0 amide bonds. The van der Waals surface area contributed by atoms with Gasteiger partial charge in [0.05, 0.1) is 11.6 Å². The minimum atomic E-state index is -2.89. The molecule has 1 aliphatic rings. The van der Waals surface area contributed by atoms with E-state index in [1.165, 1.54) is 0 Å². The zero-order chi connectivity index (χ0) is 25.9.